The van der Waals surface area contributed by atoms with E-state index in [9.17, 15) is 4.79 Å². The first-order chi connectivity index (χ1) is 15.8. The number of piperazine rings is 1. The summed E-state index contributed by atoms with van der Waals surface area (Å²) in [6.45, 7) is 7.35. The van der Waals surface area contributed by atoms with Gasteiger partial charge in [-0.3, -0.25) is 14.8 Å². The van der Waals surface area contributed by atoms with Crippen LogP contribution < -0.4 is 10.1 Å². The lowest BCUT2D eigenvalue weighted by Crippen LogP contribution is -2.46. The van der Waals surface area contributed by atoms with E-state index >= 15 is 0 Å². The van der Waals surface area contributed by atoms with Crippen molar-refractivity contribution < 1.29 is 9.53 Å². The molecule has 5 rings (SSSR count). The molecule has 1 saturated heterocycles. The van der Waals surface area contributed by atoms with E-state index in [1.54, 1.807) is 0 Å². The topological polar surface area (TPSA) is 73.5 Å². The first-order valence-corrected chi connectivity index (χ1v) is 11.3. The highest BCUT2D eigenvalue weighted by Crippen LogP contribution is 2.36. The summed E-state index contributed by atoms with van der Waals surface area (Å²) in [6, 6.07) is 18.4. The van der Waals surface area contributed by atoms with E-state index in [0.717, 1.165) is 68.3 Å². The van der Waals surface area contributed by atoms with E-state index in [2.05, 4.69) is 55.6 Å². The number of para-hydroxylation sites is 1. The van der Waals surface area contributed by atoms with Crippen molar-refractivity contribution in [2.24, 2.45) is 0 Å². The molecule has 32 heavy (non-hydrogen) atoms. The van der Waals surface area contributed by atoms with Gasteiger partial charge in [0.05, 0.1) is 0 Å². The molecule has 1 aromatic heterocycles. The Labute approximate surface area is 188 Å². The first-order valence-electron chi connectivity index (χ1n) is 11.3. The van der Waals surface area contributed by atoms with Crippen LogP contribution in [0.15, 0.2) is 54.6 Å². The van der Waals surface area contributed by atoms with E-state index in [0.29, 0.717) is 18.8 Å². The largest absolute Gasteiger partial charge is 0.488 e. The van der Waals surface area contributed by atoms with Gasteiger partial charge in [-0.15, -0.1) is 0 Å². The third-order valence-corrected chi connectivity index (χ3v) is 6.26. The number of H-pyrrole nitrogens is 1. The Morgan fingerprint density at radius 3 is 2.59 bits per heavy atom. The number of carbonyl (C=O) groups excluding carboxylic acids is 1. The first kappa shape index (κ1) is 20.7. The summed E-state index contributed by atoms with van der Waals surface area (Å²) < 4.78 is 5.80. The molecule has 2 aliphatic heterocycles. The molecule has 3 heterocycles. The number of rotatable bonds is 7. The number of amides is 1. The van der Waals surface area contributed by atoms with Crippen LogP contribution in [0.1, 0.15) is 28.0 Å². The van der Waals surface area contributed by atoms with Gasteiger partial charge in [-0.2, -0.15) is 5.10 Å². The lowest BCUT2D eigenvalue weighted by atomic mass is 10.0. The summed E-state index contributed by atoms with van der Waals surface area (Å²) >= 11 is 0. The van der Waals surface area contributed by atoms with Crippen LogP contribution in [0.3, 0.4) is 0 Å². The van der Waals surface area contributed by atoms with Gasteiger partial charge < -0.3 is 15.0 Å². The van der Waals surface area contributed by atoms with Gasteiger partial charge in [0.25, 0.3) is 5.91 Å². The van der Waals surface area contributed by atoms with Crippen LogP contribution in [0.5, 0.6) is 5.75 Å². The number of ether oxygens (including phenoxy) is 1. The molecule has 0 spiro atoms. The third-order valence-electron chi connectivity index (χ3n) is 6.26. The number of nitrogens with one attached hydrogen (secondary N) is 2. The molecule has 1 amide bonds. The van der Waals surface area contributed by atoms with Gasteiger partial charge in [0.2, 0.25) is 0 Å². The summed E-state index contributed by atoms with van der Waals surface area (Å²) in [5, 5.41) is 10.3. The zero-order valence-electron chi connectivity index (χ0n) is 18.2. The van der Waals surface area contributed by atoms with Crippen molar-refractivity contribution in [3.63, 3.8) is 0 Å². The minimum Gasteiger partial charge on any atom is -0.488 e. The predicted molar refractivity (Wildman–Crippen MR) is 123 cm³/mol. The van der Waals surface area contributed by atoms with Crippen molar-refractivity contribution in [3.8, 4) is 17.0 Å². The van der Waals surface area contributed by atoms with Gasteiger partial charge in [0, 0.05) is 50.4 Å². The number of aromatic nitrogens is 2. The molecule has 7 nitrogen and oxygen atoms in total. The molecule has 1 fully saturated rings. The molecule has 0 bridgehead atoms. The molecule has 0 saturated carbocycles. The molecular formula is C25H29N5O2. The average Bonchev–Trinajstić information content (AvgIpc) is 3.28. The molecule has 166 valence electrons. The molecule has 2 N–H and O–H groups in total. The quantitative estimate of drug-likeness (QED) is 0.563. The fourth-order valence-corrected chi connectivity index (χ4v) is 4.46. The Morgan fingerprint density at radius 1 is 1.00 bits per heavy atom. The minimum absolute atomic E-state index is 0.116. The summed E-state index contributed by atoms with van der Waals surface area (Å²) in [6.07, 6.45) is 0.931. The monoisotopic (exact) mass is 431 g/mol. The van der Waals surface area contributed by atoms with E-state index < -0.39 is 0 Å². The fraction of sp³-hybridized carbons (Fsp3) is 0.360. The van der Waals surface area contributed by atoms with Crippen molar-refractivity contribution in [1.82, 2.24) is 25.3 Å². The second-order valence-corrected chi connectivity index (χ2v) is 8.42. The summed E-state index contributed by atoms with van der Waals surface area (Å²) in [7, 11) is 0. The molecule has 3 aromatic rings. The Hall–Kier alpha value is -3.16. The van der Waals surface area contributed by atoms with E-state index in [4.69, 9.17) is 4.74 Å². The third kappa shape index (κ3) is 4.54. The van der Waals surface area contributed by atoms with Gasteiger partial charge in [-0.1, -0.05) is 42.5 Å². The maximum absolute atomic E-state index is 12.7. The Kier molecular flexibility index (Phi) is 6.18. The number of hydrogen-bond donors (Lipinski definition) is 2. The van der Waals surface area contributed by atoms with Crippen molar-refractivity contribution in [3.05, 3.63) is 71.4 Å². The zero-order valence-corrected chi connectivity index (χ0v) is 18.2. The summed E-state index contributed by atoms with van der Waals surface area (Å²) in [5.41, 5.74) is 4.44. The van der Waals surface area contributed by atoms with Crippen molar-refractivity contribution in [1.29, 1.82) is 0 Å². The van der Waals surface area contributed by atoms with Crippen LogP contribution in [0.2, 0.25) is 0 Å². The van der Waals surface area contributed by atoms with E-state index in [1.165, 1.54) is 5.56 Å². The SMILES string of the molecule is O=C(NCCCN1CCN(Cc2ccccc2)CC1)c1[nH]nc2c1COc1ccccc1-2. The molecule has 2 aromatic carbocycles. The predicted octanol–water partition coefficient (Wildman–Crippen LogP) is 2.91. The van der Waals surface area contributed by atoms with Gasteiger partial charge in [-0.05, 0) is 30.7 Å². The van der Waals surface area contributed by atoms with E-state index in [-0.39, 0.29) is 5.91 Å². The van der Waals surface area contributed by atoms with Crippen LogP contribution >= 0.6 is 0 Å². The highest BCUT2D eigenvalue weighted by Gasteiger charge is 2.26. The minimum atomic E-state index is -0.116. The summed E-state index contributed by atoms with van der Waals surface area (Å²) in [5.74, 6) is 0.691. The van der Waals surface area contributed by atoms with Gasteiger partial charge in [0.1, 0.15) is 23.7 Å². The molecule has 0 unspecified atom stereocenters. The number of carbonyl (C=O) groups is 1. The maximum Gasteiger partial charge on any atom is 0.269 e. The molecule has 0 atom stereocenters. The number of benzene rings is 2. The van der Waals surface area contributed by atoms with Crippen LogP contribution in [0, 0.1) is 0 Å². The van der Waals surface area contributed by atoms with Crippen LogP contribution in [0.25, 0.3) is 11.3 Å². The molecule has 2 aliphatic rings. The normalized spacial score (nSPS) is 16.1. The maximum atomic E-state index is 12.7. The molecular weight excluding hydrogens is 402 g/mol. The lowest BCUT2D eigenvalue weighted by Gasteiger charge is -2.34. The molecule has 0 radical (unpaired) electrons. The zero-order chi connectivity index (χ0) is 21.8. The number of aromatic amines is 1. The van der Waals surface area contributed by atoms with Crippen molar-refractivity contribution in [2.75, 3.05) is 39.3 Å². The molecule has 7 heteroatoms. The second-order valence-electron chi connectivity index (χ2n) is 8.42. The smallest absolute Gasteiger partial charge is 0.269 e. The average molecular weight is 432 g/mol. The van der Waals surface area contributed by atoms with Crippen LogP contribution in [0.4, 0.5) is 0 Å². The lowest BCUT2D eigenvalue weighted by molar-refractivity contribution is 0.0939. The summed E-state index contributed by atoms with van der Waals surface area (Å²) in [4.78, 5) is 17.7. The Balaban J connectivity index is 1.06. The highest BCUT2D eigenvalue weighted by molar-refractivity contribution is 5.96. The number of nitrogens with zero attached hydrogens (tertiary/aromatic N) is 3. The van der Waals surface area contributed by atoms with Gasteiger partial charge >= 0.3 is 0 Å². The fourth-order valence-electron chi connectivity index (χ4n) is 4.46. The van der Waals surface area contributed by atoms with Crippen LogP contribution in [-0.4, -0.2) is 65.2 Å². The standard InChI is InChI=1S/C25H29N5O2/c31-25(24-21-18-32-22-10-5-4-9-20(22)23(21)27-28-24)26-11-6-12-29-13-15-30(16-14-29)17-19-7-2-1-3-8-19/h1-5,7-10H,6,11-18H2,(H,26,31)(H,27,28). The highest BCUT2D eigenvalue weighted by atomic mass is 16.5. The number of fused-ring (bicyclic) bond motifs is 3. The van der Waals surface area contributed by atoms with Crippen molar-refractivity contribution in [2.45, 2.75) is 19.6 Å². The van der Waals surface area contributed by atoms with E-state index in [1.807, 2.05) is 24.3 Å². The number of hydrogen-bond acceptors (Lipinski definition) is 5. The van der Waals surface area contributed by atoms with Gasteiger partial charge in [0.15, 0.2) is 0 Å². The van der Waals surface area contributed by atoms with Crippen molar-refractivity contribution >= 4 is 5.91 Å². The second kappa shape index (κ2) is 9.54. The Morgan fingerprint density at radius 2 is 1.75 bits per heavy atom. The Bertz CT molecular complexity index is 1060. The van der Waals surface area contributed by atoms with Crippen LogP contribution in [-0.2, 0) is 13.2 Å². The van der Waals surface area contributed by atoms with Gasteiger partial charge in [-0.25, -0.2) is 0 Å². The molecule has 0 aliphatic carbocycles.